The van der Waals surface area contributed by atoms with Gasteiger partial charge in [0.15, 0.2) is 0 Å². The summed E-state index contributed by atoms with van der Waals surface area (Å²) in [4.78, 5) is 12.6. The third-order valence-corrected chi connectivity index (χ3v) is 3.64. The van der Waals surface area contributed by atoms with Gasteiger partial charge in [-0.2, -0.15) is 15.2 Å². The van der Waals surface area contributed by atoms with Crippen LogP contribution >= 0.6 is 0 Å². The summed E-state index contributed by atoms with van der Waals surface area (Å²) in [6, 6.07) is 9.43. The predicted molar refractivity (Wildman–Crippen MR) is 83.0 cm³/mol. The molecule has 0 radical (unpaired) electrons. The zero-order valence-electron chi connectivity index (χ0n) is 12.2. The highest BCUT2D eigenvalue weighted by Gasteiger charge is 2.28. The number of amides is 1. The second kappa shape index (κ2) is 5.01. The van der Waals surface area contributed by atoms with Gasteiger partial charge < -0.3 is 0 Å². The van der Waals surface area contributed by atoms with Crippen LogP contribution in [0.4, 0.5) is 5.69 Å². The number of carbonyl (C=O) groups excluding carboxylic acids is 1. The molecular formula is C16H16N4O. The van der Waals surface area contributed by atoms with Crippen LogP contribution in [0.2, 0.25) is 0 Å². The quantitative estimate of drug-likeness (QED) is 0.794. The maximum atomic E-state index is 12.6. The highest BCUT2D eigenvalue weighted by atomic mass is 16.2. The normalized spacial score (nSPS) is 16.7. The summed E-state index contributed by atoms with van der Waals surface area (Å²) in [5.41, 5.74) is 4.04. The molecule has 0 bridgehead atoms. The van der Waals surface area contributed by atoms with Crippen molar-refractivity contribution < 1.29 is 4.79 Å². The first-order valence-electron chi connectivity index (χ1n) is 6.73. The van der Waals surface area contributed by atoms with E-state index in [2.05, 4.69) is 10.2 Å². The van der Waals surface area contributed by atoms with Crippen LogP contribution in [0.3, 0.4) is 0 Å². The Morgan fingerprint density at radius 2 is 1.86 bits per heavy atom. The van der Waals surface area contributed by atoms with E-state index in [1.807, 2.05) is 57.3 Å². The van der Waals surface area contributed by atoms with Crippen LogP contribution in [-0.2, 0) is 11.8 Å². The average Bonchev–Trinajstić information content (AvgIpc) is 2.96. The molecule has 0 spiro atoms. The molecule has 0 unspecified atom stereocenters. The molecule has 1 aliphatic rings. The van der Waals surface area contributed by atoms with Gasteiger partial charge in [-0.1, -0.05) is 18.2 Å². The maximum absolute atomic E-state index is 12.6. The number of anilines is 1. The fraction of sp³-hybridized carbons (Fsp3) is 0.188. The molecule has 0 atom stereocenters. The van der Waals surface area contributed by atoms with Gasteiger partial charge in [-0.15, -0.1) is 0 Å². The van der Waals surface area contributed by atoms with E-state index in [4.69, 9.17) is 0 Å². The van der Waals surface area contributed by atoms with Crippen LogP contribution < -0.4 is 5.01 Å². The lowest BCUT2D eigenvalue weighted by atomic mass is 10.1. The molecule has 1 aromatic carbocycles. The summed E-state index contributed by atoms with van der Waals surface area (Å²) < 4.78 is 1.78. The summed E-state index contributed by atoms with van der Waals surface area (Å²) in [7, 11) is 1.88. The summed E-state index contributed by atoms with van der Waals surface area (Å²) >= 11 is 0. The standard InChI is InChI=1S/C16H16N4O/c1-11-15(9-13-10-17-19(3)12(13)2)16(21)20(18-11)14-7-5-4-6-8-14/h4-10H,1-3H3. The monoisotopic (exact) mass is 280 g/mol. The number of rotatable bonds is 2. The van der Waals surface area contributed by atoms with Gasteiger partial charge >= 0.3 is 0 Å². The Balaban J connectivity index is 1.98. The third kappa shape index (κ3) is 2.27. The number of hydrogen-bond acceptors (Lipinski definition) is 3. The summed E-state index contributed by atoms with van der Waals surface area (Å²) in [5.74, 6) is -0.109. The predicted octanol–water partition coefficient (Wildman–Crippen LogP) is 2.53. The largest absolute Gasteiger partial charge is 0.280 e. The Kier molecular flexibility index (Phi) is 3.17. The van der Waals surface area contributed by atoms with Crippen molar-refractivity contribution in [1.82, 2.24) is 9.78 Å². The highest BCUT2D eigenvalue weighted by Crippen LogP contribution is 2.25. The number of benzene rings is 1. The van der Waals surface area contributed by atoms with E-state index in [1.165, 1.54) is 5.01 Å². The molecule has 0 aliphatic carbocycles. The van der Waals surface area contributed by atoms with Crippen molar-refractivity contribution >= 4 is 23.4 Å². The Hall–Kier alpha value is -2.69. The Labute approximate surface area is 123 Å². The lowest BCUT2D eigenvalue weighted by Crippen LogP contribution is -2.21. The Morgan fingerprint density at radius 3 is 2.48 bits per heavy atom. The maximum Gasteiger partial charge on any atom is 0.280 e. The van der Waals surface area contributed by atoms with Gasteiger partial charge in [0, 0.05) is 18.3 Å². The molecule has 3 rings (SSSR count). The Bertz CT molecular complexity index is 756. The molecular weight excluding hydrogens is 264 g/mol. The van der Waals surface area contributed by atoms with Gasteiger partial charge in [0.2, 0.25) is 0 Å². The first kappa shape index (κ1) is 13.3. The van der Waals surface area contributed by atoms with Crippen molar-refractivity contribution in [2.24, 2.45) is 12.1 Å². The minimum absolute atomic E-state index is 0.109. The first-order valence-corrected chi connectivity index (χ1v) is 6.73. The molecule has 0 saturated carbocycles. The molecule has 2 heterocycles. The van der Waals surface area contributed by atoms with Crippen molar-refractivity contribution in [3.05, 3.63) is 53.4 Å². The minimum Gasteiger partial charge on any atom is -0.272 e. The highest BCUT2D eigenvalue weighted by molar-refractivity contribution is 6.32. The van der Waals surface area contributed by atoms with Crippen LogP contribution in [0.1, 0.15) is 18.2 Å². The van der Waals surface area contributed by atoms with Crippen molar-refractivity contribution in [2.45, 2.75) is 13.8 Å². The van der Waals surface area contributed by atoms with Crippen molar-refractivity contribution in [3.63, 3.8) is 0 Å². The summed E-state index contributed by atoms with van der Waals surface area (Å²) in [5, 5.41) is 9.99. The van der Waals surface area contributed by atoms with E-state index in [-0.39, 0.29) is 5.91 Å². The smallest absolute Gasteiger partial charge is 0.272 e. The van der Waals surface area contributed by atoms with Gasteiger partial charge in [-0.05, 0) is 32.1 Å². The van der Waals surface area contributed by atoms with E-state index in [0.717, 1.165) is 16.9 Å². The molecule has 0 N–H and O–H groups in total. The summed E-state index contributed by atoms with van der Waals surface area (Å²) in [6.45, 7) is 3.82. The zero-order valence-corrected chi connectivity index (χ0v) is 12.2. The second-order valence-corrected chi connectivity index (χ2v) is 5.00. The molecule has 0 fully saturated rings. The molecule has 2 aromatic rings. The lowest BCUT2D eigenvalue weighted by Gasteiger charge is -2.10. The van der Waals surface area contributed by atoms with Crippen LogP contribution in [0.15, 0.2) is 47.2 Å². The fourth-order valence-corrected chi connectivity index (χ4v) is 2.24. The van der Waals surface area contributed by atoms with E-state index in [1.54, 1.807) is 10.9 Å². The van der Waals surface area contributed by atoms with Crippen LogP contribution in [0, 0.1) is 6.92 Å². The van der Waals surface area contributed by atoms with Gasteiger partial charge in [0.05, 0.1) is 23.2 Å². The minimum atomic E-state index is -0.109. The van der Waals surface area contributed by atoms with Crippen LogP contribution in [0.25, 0.3) is 6.08 Å². The van der Waals surface area contributed by atoms with Gasteiger partial charge in [-0.25, -0.2) is 0 Å². The number of hydrogen-bond donors (Lipinski definition) is 0. The lowest BCUT2D eigenvalue weighted by molar-refractivity contribution is -0.114. The molecule has 0 saturated heterocycles. The first-order chi connectivity index (χ1) is 10.1. The second-order valence-electron chi connectivity index (χ2n) is 5.00. The zero-order chi connectivity index (χ0) is 15.0. The van der Waals surface area contributed by atoms with Gasteiger partial charge in [0.25, 0.3) is 5.91 Å². The molecule has 21 heavy (non-hydrogen) atoms. The molecule has 1 aromatic heterocycles. The van der Waals surface area contributed by atoms with Crippen molar-refractivity contribution in [3.8, 4) is 0 Å². The number of nitrogens with zero attached hydrogens (tertiary/aromatic N) is 4. The van der Waals surface area contributed by atoms with Gasteiger partial charge in [0.1, 0.15) is 0 Å². The molecule has 5 nitrogen and oxygen atoms in total. The topological polar surface area (TPSA) is 50.5 Å². The van der Waals surface area contributed by atoms with E-state index in [0.29, 0.717) is 11.3 Å². The number of para-hydroxylation sites is 1. The fourth-order valence-electron chi connectivity index (χ4n) is 2.24. The van der Waals surface area contributed by atoms with Crippen LogP contribution in [0.5, 0.6) is 0 Å². The van der Waals surface area contributed by atoms with Crippen LogP contribution in [-0.4, -0.2) is 21.4 Å². The third-order valence-electron chi connectivity index (χ3n) is 3.64. The van der Waals surface area contributed by atoms with Gasteiger partial charge in [-0.3, -0.25) is 9.48 Å². The molecule has 1 aliphatic heterocycles. The van der Waals surface area contributed by atoms with E-state index >= 15 is 0 Å². The van der Waals surface area contributed by atoms with E-state index < -0.39 is 0 Å². The number of carbonyl (C=O) groups is 1. The van der Waals surface area contributed by atoms with Crippen molar-refractivity contribution in [2.75, 3.05) is 5.01 Å². The summed E-state index contributed by atoms with van der Waals surface area (Å²) in [6.07, 6.45) is 3.61. The molecule has 1 amide bonds. The molecule has 5 heteroatoms. The van der Waals surface area contributed by atoms with Crippen molar-refractivity contribution in [1.29, 1.82) is 0 Å². The number of aryl methyl sites for hydroxylation is 1. The Morgan fingerprint density at radius 1 is 1.14 bits per heavy atom. The SMILES string of the molecule is CC1=NN(c2ccccc2)C(=O)C1=Cc1cnn(C)c1C. The number of hydrazone groups is 1. The average molecular weight is 280 g/mol. The van der Waals surface area contributed by atoms with E-state index in [9.17, 15) is 4.79 Å². The number of aromatic nitrogens is 2. The molecule has 106 valence electrons.